The Labute approximate surface area is 102 Å². The van der Waals surface area contributed by atoms with Crippen molar-refractivity contribution in [2.75, 3.05) is 0 Å². The van der Waals surface area contributed by atoms with Gasteiger partial charge in [0, 0.05) is 10.5 Å². The van der Waals surface area contributed by atoms with Crippen molar-refractivity contribution >= 4 is 19.7 Å². The second kappa shape index (κ2) is 6.06. The van der Waals surface area contributed by atoms with Gasteiger partial charge in [0.05, 0.1) is 0 Å². The Morgan fingerprint density at radius 1 is 0.824 bits per heavy atom. The smallest absolute Gasteiger partial charge is 0.243 e. The van der Waals surface area contributed by atoms with E-state index in [2.05, 4.69) is 11.8 Å². The van der Waals surface area contributed by atoms with Crippen LogP contribution in [0.15, 0.2) is 0 Å². The normalized spacial score (nSPS) is 14.8. The number of rotatable bonds is 4. The lowest BCUT2D eigenvalue weighted by atomic mass is 10.8. The Hall–Kier alpha value is -1.02. The van der Waals surface area contributed by atoms with E-state index < -0.39 is 30.5 Å². The molecule has 0 heterocycles. The summed E-state index contributed by atoms with van der Waals surface area (Å²) in [6, 6.07) is 0. The molecule has 0 saturated carbocycles. The summed E-state index contributed by atoms with van der Waals surface area (Å²) in [5.41, 5.74) is -2.64. The van der Waals surface area contributed by atoms with E-state index in [0.717, 1.165) is 0 Å². The first-order valence-electron chi connectivity index (χ1n) is 4.67. The fourth-order valence-corrected chi connectivity index (χ4v) is 2.46. The topological polar surface area (TPSA) is 77.5 Å². The molecule has 0 fully saturated rings. The summed E-state index contributed by atoms with van der Waals surface area (Å²) in [5.74, 6) is 4.46. The van der Waals surface area contributed by atoms with Crippen LogP contribution in [0.4, 0.5) is 0 Å². The van der Waals surface area contributed by atoms with Gasteiger partial charge in [-0.2, -0.15) is 0 Å². The highest BCUT2D eigenvalue weighted by molar-refractivity contribution is 7.97. The monoisotopic (exact) mass is 278 g/mol. The number of hydrogen-bond acceptors (Lipinski definition) is 5. The van der Waals surface area contributed by atoms with Gasteiger partial charge in [0.2, 0.25) is 19.7 Å². The summed E-state index contributed by atoms with van der Waals surface area (Å²) in [7, 11) is -7.55. The number of ether oxygens (including phenoxy) is 1. The molecule has 0 radical (unpaired) electrons. The van der Waals surface area contributed by atoms with Crippen molar-refractivity contribution in [3.05, 3.63) is 0 Å². The maximum atomic E-state index is 11.4. The van der Waals surface area contributed by atoms with E-state index >= 15 is 0 Å². The molecule has 2 unspecified atom stereocenters. The van der Waals surface area contributed by atoms with Crippen LogP contribution in [-0.2, 0) is 24.4 Å². The quantitative estimate of drug-likeness (QED) is 0.552. The molecule has 0 aromatic carbocycles. The molecule has 0 bridgehead atoms. The summed E-state index contributed by atoms with van der Waals surface area (Å²) in [6.07, 6.45) is 0. The molecule has 0 saturated heterocycles. The van der Waals surface area contributed by atoms with Crippen molar-refractivity contribution in [1.82, 2.24) is 0 Å². The summed E-state index contributed by atoms with van der Waals surface area (Å²) in [6.45, 7) is 5.19. The van der Waals surface area contributed by atoms with Crippen LogP contribution in [0, 0.1) is 22.3 Å². The molecule has 2 atom stereocenters. The molecule has 0 spiro atoms. The summed E-state index contributed by atoms with van der Waals surface area (Å²) in [5, 5.41) is 3.95. The molecule has 0 N–H and O–H groups in total. The Bertz CT molecular complexity index is 524. The first kappa shape index (κ1) is 16.0. The predicted octanol–water partition coefficient (Wildman–Crippen LogP) is 0.486. The molecule has 5 nitrogen and oxygen atoms in total. The molecule has 0 amide bonds. The van der Waals surface area contributed by atoms with Crippen molar-refractivity contribution in [2.45, 2.75) is 38.6 Å². The van der Waals surface area contributed by atoms with Crippen molar-refractivity contribution in [3.63, 3.8) is 0 Å². The third-order valence-electron chi connectivity index (χ3n) is 1.75. The maximum absolute atomic E-state index is 11.4. The van der Waals surface area contributed by atoms with Crippen LogP contribution >= 0.6 is 0 Å². The predicted molar refractivity (Wildman–Crippen MR) is 64.7 cm³/mol. The largest absolute Gasteiger partial charge is 0.342 e. The average Bonchev–Trinajstić information content (AvgIpc) is 2.17. The molecule has 0 aromatic rings. The van der Waals surface area contributed by atoms with Gasteiger partial charge in [-0.25, -0.2) is 16.8 Å². The van der Waals surface area contributed by atoms with Gasteiger partial charge in [0.15, 0.2) is 10.9 Å². The zero-order chi connectivity index (χ0) is 13.7. The van der Waals surface area contributed by atoms with E-state index in [9.17, 15) is 16.8 Å². The van der Waals surface area contributed by atoms with Gasteiger partial charge in [-0.1, -0.05) is 11.8 Å². The van der Waals surface area contributed by atoms with Crippen LogP contribution < -0.4 is 0 Å². The lowest BCUT2D eigenvalue weighted by Crippen LogP contribution is -2.29. The zero-order valence-corrected chi connectivity index (χ0v) is 11.6. The van der Waals surface area contributed by atoms with Crippen molar-refractivity contribution < 1.29 is 21.6 Å². The second-order valence-electron chi connectivity index (χ2n) is 3.07. The summed E-state index contributed by atoms with van der Waals surface area (Å²) >= 11 is 0. The minimum atomic E-state index is -3.78. The molecule has 96 valence electrons. The van der Waals surface area contributed by atoms with Crippen molar-refractivity contribution in [3.8, 4) is 22.3 Å². The van der Waals surface area contributed by atoms with E-state index in [1.54, 1.807) is 0 Å². The summed E-state index contributed by atoms with van der Waals surface area (Å²) in [4.78, 5) is 0. The molecule has 17 heavy (non-hydrogen) atoms. The van der Waals surface area contributed by atoms with Gasteiger partial charge in [-0.15, -0.1) is 0 Å². The van der Waals surface area contributed by atoms with E-state index in [-0.39, 0.29) is 0 Å². The fraction of sp³-hybridized carbons (Fsp3) is 0.600. The SMILES string of the molecule is CC#CS(=O)(=O)C(C)OC(C)S(=O)(=O)C#CC. The molecule has 0 aliphatic carbocycles. The molecular weight excluding hydrogens is 264 g/mol. The van der Waals surface area contributed by atoms with Crippen LogP contribution in [0.5, 0.6) is 0 Å². The van der Waals surface area contributed by atoms with Gasteiger partial charge in [-0.05, 0) is 27.7 Å². The van der Waals surface area contributed by atoms with Crippen LogP contribution in [0.25, 0.3) is 0 Å². The maximum Gasteiger partial charge on any atom is 0.243 e. The highest BCUT2D eigenvalue weighted by Gasteiger charge is 2.27. The van der Waals surface area contributed by atoms with Gasteiger partial charge in [0.25, 0.3) is 0 Å². The minimum Gasteiger partial charge on any atom is -0.342 e. The summed E-state index contributed by atoms with van der Waals surface area (Å²) < 4.78 is 50.6. The molecule has 0 aliphatic heterocycles. The fourth-order valence-electron chi connectivity index (χ4n) is 0.867. The van der Waals surface area contributed by atoms with Crippen LogP contribution in [0.3, 0.4) is 0 Å². The van der Waals surface area contributed by atoms with E-state index in [1.165, 1.54) is 27.7 Å². The average molecular weight is 278 g/mol. The highest BCUT2D eigenvalue weighted by atomic mass is 32.2. The third kappa shape index (κ3) is 4.78. The molecule has 0 aromatic heterocycles. The Morgan fingerprint density at radius 2 is 1.12 bits per heavy atom. The standard InChI is InChI=1S/C10H14O5S2/c1-5-7-16(11,12)9(3)15-10(4)17(13,14)8-6-2/h9-10H,1-4H3. The Kier molecular flexibility index (Phi) is 5.70. The van der Waals surface area contributed by atoms with Crippen LogP contribution in [-0.4, -0.2) is 27.7 Å². The number of sulfone groups is 2. The highest BCUT2D eigenvalue weighted by Crippen LogP contribution is 2.10. The third-order valence-corrected chi connectivity index (χ3v) is 4.69. The van der Waals surface area contributed by atoms with Crippen LogP contribution in [0.2, 0.25) is 0 Å². The second-order valence-corrected chi connectivity index (χ2v) is 6.98. The molecule has 0 aliphatic rings. The lowest BCUT2D eigenvalue weighted by Gasteiger charge is -2.14. The van der Waals surface area contributed by atoms with Gasteiger partial charge in [-0.3, -0.25) is 0 Å². The molecule has 7 heteroatoms. The zero-order valence-electron chi connectivity index (χ0n) is 10.0. The van der Waals surface area contributed by atoms with E-state index in [0.29, 0.717) is 0 Å². The van der Waals surface area contributed by atoms with Crippen LogP contribution in [0.1, 0.15) is 27.7 Å². The van der Waals surface area contributed by atoms with Crippen molar-refractivity contribution in [1.29, 1.82) is 0 Å². The first-order chi connectivity index (χ1) is 7.67. The van der Waals surface area contributed by atoms with Gasteiger partial charge < -0.3 is 4.74 Å². The Balaban J connectivity index is 4.98. The Morgan fingerprint density at radius 3 is 1.35 bits per heavy atom. The minimum absolute atomic E-state index is 1.23. The first-order valence-corrected chi connectivity index (χ1v) is 7.77. The van der Waals surface area contributed by atoms with E-state index in [4.69, 9.17) is 4.74 Å². The number of hydrogen-bond donors (Lipinski definition) is 0. The lowest BCUT2D eigenvalue weighted by molar-refractivity contribution is 0.102. The molecular formula is C10H14O5S2. The van der Waals surface area contributed by atoms with E-state index in [1.807, 2.05) is 10.5 Å². The van der Waals surface area contributed by atoms with Gasteiger partial charge >= 0.3 is 0 Å². The van der Waals surface area contributed by atoms with Gasteiger partial charge in [0.1, 0.15) is 0 Å². The van der Waals surface area contributed by atoms with Crippen molar-refractivity contribution in [2.24, 2.45) is 0 Å². The molecule has 0 rings (SSSR count).